The molecule has 0 saturated carbocycles. The Morgan fingerprint density at radius 1 is 1.14 bits per heavy atom. The average molecular weight is 376 g/mol. The van der Waals surface area contributed by atoms with Crippen LogP contribution in [0.5, 0.6) is 5.75 Å². The topological polar surface area (TPSA) is 67.3 Å². The number of benzene rings is 2. The number of methoxy groups -OCH3 is 1. The Bertz CT molecular complexity index is 983. The fraction of sp³-hybridized carbons (Fsp3) is 0.318. The van der Waals surface area contributed by atoms with Gasteiger partial charge >= 0.3 is 0 Å². The summed E-state index contributed by atoms with van der Waals surface area (Å²) in [6.07, 6.45) is 5.06. The van der Waals surface area contributed by atoms with Crippen LogP contribution in [0.4, 0.5) is 11.5 Å². The van der Waals surface area contributed by atoms with Crippen LogP contribution in [-0.4, -0.2) is 36.1 Å². The predicted octanol–water partition coefficient (Wildman–Crippen LogP) is 3.81. The van der Waals surface area contributed by atoms with Gasteiger partial charge in [-0.3, -0.25) is 4.79 Å². The maximum Gasteiger partial charge on any atom is 0.224 e. The van der Waals surface area contributed by atoms with E-state index >= 15 is 0 Å². The van der Waals surface area contributed by atoms with Crippen molar-refractivity contribution in [3.8, 4) is 5.75 Å². The highest BCUT2D eigenvalue weighted by Gasteiger charge is 2.17. The fourth-order valence-corrected chi connectivity index (χ4v) is 3.61. The molecule has 1 fully saturated rings. The second-order valence-corrected chi connectivity index (χ2v) is 7.02. The minimum atomic E-state index is -0.0123. The van der Waals surface area contributed by atoms with Gasteiger partial charge < -0.3 is 15.0 Å². The first-order valence-electron chi connectivity index (χ1n) is 9.65. The van der Waals surface area contributed by atoms with Crippen molar-refractivity contribution in [2.75, 3.05) is 30.4 Å². The number of hydrogen-bond acceptors (Lipinski definition) is 5. The van der Waals surface area contributed by atoms with Gasteiger partial charge in [0.05, 0.1) is 12.6 Å². The molecule has 1 saturated heterocycles. The molecule has 1 aliphatic rings. The zero-order chi connectivity index (χ0) is 19.3. The SMILES string of the molecule is COc1cccc(CCC(=O)Nc2ccc3ncnc(N4CCCC4)c3c2)c1. The average Bonchev–Trinajstić information content (AvgIpc) is 3.26. The van der Waals surface area contributed by atoms with Crippen LogP contribution < -0.4 is 15.0 Å². The second-order valence-electron chi connectivity index (χ2n) is 7.02. The number of rotatable bonds is 6. The molecule has 1 amide bonds. The van der Waals surface area contributed by atoms with Gasteiger partial charge in [-0.05, 0) is 55.2 Å². The van der Waals surface area contributed by atoms with Crippen molar-refractivity contribution in [3.05, 3.63) is 54.4 Å². The van der Waals surface area contributed by atoms with Crippen molar-refractivity contribution >= 4 is 28.3 Å². The molecule has 0 unspecified atom stereocenters. The van der Waals surface area contributed by atoms with E-state index in [1.165, 1.54) is 12.8 Å². The van der Waals surface area contributed by atoms with Crippen LogP contribution in [0.15, 0.2) is 48.8 Å². The van der Waals surface area contributed by atoms with E-state index in [1.54, 1.807) is 13.4 Å². The Balaban J connectivity index is 1.46. The molecule has 2 heterocycles. The number of amides is 1. The number of aryl methyl sites for hydroxylation is 1. The van der Waals surface area contributed by atoms with Crippen molar-refractivity contribution in [2.24, 2.45) is 0 Å². The Kier molecular flexibility index (Phi) is 5.37. The number of carbonyl (C=O) groups is 1. The van der Waals surface area contributed by atoms with Gasteiger partial charge in [0.2, 0.25) is 5.91 Å². The highest BCUT2D eigenvalue weighted by molar-refractivity contribution is 5.96. The monoisotopic (exact) mass is 376 g/mol. The first-order valence-corrected chi connectivity index (χ1v) is 9.65. The number of hydrogen-bond donors (Lipinski definition) is 1. The second kappa shape index (κ2) is 8.25. The third-order valence-electron chi connectivity index (χ3n) is 5.08. The highest BCUT2D eigenvalue weighted by Crippen LogP contribution is 2.28. The van der Waals surface area contributed by atoms with E-state index in [0.717, 1.165) is 46.8 Å². The quantitative estimate of drug-likeness (QED) is 0.709. The van der Waals surface area contributed by atoms with E-state index < -0.39 is 0 Å². The zero-order valence-electron chi connectivity index (χ0n) is 16.0. The van der Waals surface area contributed by atoms with Gasteiger partial charge in [0.15, 0.2) is 0 Å². The summed E-state index contributed by atoms with van der Waals surface area (Å²) >= 11 is 0. The third kappa shape index (κ3) is 4.06. The molecule has 0 bridgehead atoms. The maximum absolute atomic E-state index is 12.4. The van der Waals surface area contributed by atoms with E-state index in [9.17, 15) is 4.79 Å². The number of carbonyl (C=O) groups excluding carboxylic acids is 1. The van der Waals surface area contributed by atoms with Gasteiger partial charge in [0.1, 0.15) is 17.9 Å². The Labute approximate surface area is 164 Å². The third-order valence-corrected chi connectivity index (χ3v) is 5.08. The molecule has 1 N–H and O–H groups in total. The number of aromatic nitrogens is 2. The van der Waals surface area contributed by atoms with Crippen molar-refractivity contribution < 1.29 is 9.53 Å². The highest BCUT2D eigenvalue weighted by atomic mass is 16.5. The van der Waals surface area contributed by atoms with Crippen molar-refractivity contribution in [1.29, 1.82) is 0 Å². The van der Waals surface area contributed by atoms with Crippen molar-refractivity contribution in [3.63, 3.8) is 0 Å². The van der Waals surface area contributed by atoms with Crippen LogP contribution in [0.1, 0.15) is 24.8 Å². The predicted molar refractivity (Wildman–Crippen MR) is 111 cm³/mol. The number of nitrogens with one attached hydrogen (secondary N) is 1. The Morgan fingerprint density at radius 3 is 2.82 bits per heavy atom. The minimum absolute atomic E-state index is 0.0123. The lowest BCUT2D eigenvalue weighted by Gasteiger charge is -2.18. The number of nitrogens with zero attached hydrogens (tertiary/aromatic N) is 3. The molecule has 2 aromatic carbocycles. The minimum Gasteiger partial charge on any atom is -0.497 e. The molecular formula is C22H24N4O2. The molecule has 0 aliphatic carbocycles. The van der Waals surface area contributed by atoms with Crippen LogP contribution >= 0.6 is 0 Å². The van der Waals surface area contributed by atoms with Crippen molar-refractivity contribution in [1.82, 2.24) is 9.97 Å². The Morgan fingerprint density at radius 2 is 2.00 bits per heavy atom. The molecule has 0 radical (unpaired) electrons. The van der Waals surface area contributed by atoms with Gasteiger partial charge in [-0.25, -0.2) is 9.97 Å². The summed E-state index contributed by atoms with van der Waals surface area (Å²) in [7, 11) is 1.64. The number of anilines is 2. The lowest BCUT2D eigenvalue weighted by Crippen LogP contribution is -2.19. The summed E-state index contributed by atoms with van der Waals surface area (Å²) in [6.45, 7) is 2.03. The molecule has 4 rings (SSSR count). The molecule has 6 nitrogen and oxygen atoms in total. The molecule has 0 atom stereocenters. The molecule has 28 heavy (non-hydrogen) atoms. The molecule has 1 aromatic heterocycles. The summed E-state index contributed by atoms with van der Waals surface area (Å²) < 4.78 is 5.24. The molecule has 1 aliphatic heterocycles. The van der Waals surface area contributed by atoms with Crippen molar-refractivity contribution in [2.45, 2.75) is 25.7 Å². The van der Waals surface area contributed by atoms with Crippen LogP contribution in [0.3, 0.4) is 0 Å². The summed E-state index contributed by atoms with van der Waals surface area (Å²) in [4.78, 5) is 23.6. The summed E-state index contributed by atoms with van der Waals surface area (Å²) in [5, 5.41) is 3.99. The standard InChI is InChI=1S/C22H24N4O2/c1-28-18-6-4-5-16(13-18)7-10-21(27)25-17-8-9-20-19(14-17)22(24-15-23-20)26-11-2-3-12-26/h4-6,8-9,13-15H,2-3,7,10-12H2,1H3,(H,25,27). The lowest BCUT2D eigenvalue weighted by molar-refractivity contribution is -0.116. The summed E-state index contributed by atoms with van der Waals surface area (Å²) in [5.74, 6) is 1.75. The van der Waals surface area contributed by atoms with Crippen LogP contribution in [-0.2, 0) is 11.2 Å². The molecule has 3 aromatic rings. The molecule has 144 valence electrons. The number of fused-ring (bicyclic) bond motifs is 1. The first kappa shape index (κ1) is 18.2. The van der Waals surface area contributed by atoms with E-state index in [0.29, 0.717) is 12.8 Å². The van der Waals surface area contributed by atoms with Gasteiger partial charge in [-0.2, -0.15) is 0 Å². The lowest BCUT2D eigenvalue weighted by atomic mass is 10.1. The van der Waals surface area contributed by atoms with E-state index in [1.807, 2.05) is 42.5 Å². The maximum atomic E-state index is 12.4. The van der Waals surface area contributed by atoms with E-state index in [-0.39, 0.29) is 5.91 Å². The summed E-state index contributed by atoms with van der Waals surface area (Å²) in [5.41, 5.74) is 2.75. The molecule has 0 spiro atoms. The zero-order valence-corrected chi connectivity index (χ0v) is 16.0. The van der Waals surface area contributed by atoms with Crippen LogP contribution in [0.25, 0.3) is 10.9 Å². The van der Waals surface area contributed by atoms with E-state index in [4.69, 9.17) is 4.74 Å². The largest absolute Gasteiger partial charge is 0.497 e. The van der Waals surface area contributed by atoms with Gasteiger partial charge in [0.25, 0.3) is 0 Å². The van der Waals surface area contributed by atoms with Crippen LogP contribution in [0.2, 0.25) is 0 Å². The fourth-order valence-electron chi connectivity index (χ4n) is 3.61. The first-order chi connectivity index (χ1) is 13.7. The molecule has 6 heteroatoms. The van der Waals surface area contributed by atoms with Gasteiger partial charge in [-0.15, -0.1) is 0 Å². The Hall–Kier alpha value is -3.15. The van der Waals surface area contributed by atoms with E-state index in [2.05, 4.69) is 20.2 Å². The number of ether oxygens (including phenoxy) is 1. The van der Waals surface area contributed by atoms with Crippen LogP contribution in [0, 0.1) is 0 Å². The summed E-state index contributed by atoms with van der Waals surface area (Å²) in [6, 6.07) is 13.6. The van der Waals surface area contributed by atoms with Gasteiger partial charge in [0, 0.05) is 30.6 Å². The smallest absolute Gasteiger partial charge is 0.224 e. The van der Waals surface area contributed by atoms with Gasteiger partial charge in [-0.1, -0.05) is 12.1 Å². The normalized spacial score (nSPS) is 13.7. The molecular weight excluding hydrogens is 352 g/mol.